The van der Waals surface area contributed by atoms with Crippen LogP contribution >= 0.6 is 11.6 Å². The molecule has 0 spiro atoms. The van der Waals surface area contributed by atoms with Crippen LogP contribution in [0.4, 0.5) is 0 Å². The lowest BCUT2D eigenvalue weighted by atomic mass is 9.98. The monoisotopic (exact) mass is 577 g/mol. The van der Waals surface area contributed by atoms with Gasteiger partial charge in [-0.05, 0) is 82.7 Å². The fourth-order valence-corrected chi connectivity index (χ4v) is 6.38. The number of aromatic nitrogens is 3. The number of carboxylic acids is 1. The van der Waals surface area contributed by atoms with Gasteiger partial charge in [0.2, 0.25) is 0 Å². The van der Waals surface area contributed by atoms with Crippen LogP contribution in [0.1, 0.15) is 53.0 Å². The van der Waals surface area contributed by atoms with Gasteiger partial charge in [-0.1, -0.05) is 29.8 Å². The second kappa shape index (κ2) is 12.3. The molecule has 1 aliphatic rings. The predicted molar refractivity (Wildman–Crippen MR) is 163 cm³/mol. The first-order valence-electron chi connectivity index (χ1n) is 14.5. The molecule has 1 saturated heterocycles. The molecule has 1 aliphatic heterocycles. The van der Waals surface area contributed by atoms with Crippen molar-refractivity contribution in [2.75, 3.05) is 19.8 Å². The minimum Gasteiger partial charge on any atom is -0.494 e. The topological polar surface area (TPSA) is 78.5 Å². The van der Waals surface area contributed by atoms with Crippen molar-refractivity contribution in [3.63, 3.8) is 0 Å². The van der Waals surface area contributed by atoms with Crippen LogP contribution in [0.2, 0.25) is 5.02 Å². The number of fused-ring (bicyclic) bond motifs is 1. The highest BCUT2D eigenvalue weighted by Crippen LogP contribution is 2.38. The molecule has 8 heteroatoms. The third-order valence-electron chi connectivity index (χ3n) is 8.38. The Morgan fingerprint density at radius 1 is 1.15 bits per heavy atom. The van der Waals surface area contributed by atoms with Gasteiger partial charge in [0.1, 0.15) is 5.75 Å². The second-order valence-corrected chi connectivity index (χ2v) is 11.7. The minimum atomic E-state index is -0.800. The number of aliphatic carboxylic acids is 1. The maximum Gasteiger partial charge on any atom is 0.305 e. The van der Waals surface area contributed by atoms with Crippen LogP contribution in [0.3, 0.4) is 0 Å². The molecule has 41 heavy (non-hydrogen) atoms. The third kappa shape index (κ3) is 6.02. The SMILES string of the molecule is Cc1cc(OCCCc2c(C)n(CCC(=O)O)c3c(-c4c(C)nn(CC5CCOC5)c4C)cccc23)cc(C)c1Cl. The minimum absolute atomic E-state index is 0.0652. The van der Waals surface area contributed by atoms with Gasteiger partial charge in [-0.25, -0.2) is 0 Å². The molecule has 0 bridgehead atoms. The number of carbonyl (C=O) groups is 1. The van der Waals surface area contributed by atoms with E-state index in [1.165, 1.54) is 10.9 Å². The Balaban J connectivity index is 1.47. The Labute approximate surface area is 247 Å². The molecule has 218 valence electrons. The Bertz CT molecular complexity index is 1560. The van der Waals surface area contributed by atoms with Gasteiger partial charge in [-0.3, -0.25) is 9.48 Å². The average Bonchev–Trinajstić information content (AvgIpc) is 3.61. The standard InChI is InChI=1S/C33H40ClN3O4/c1-20-16-26(17-21(2)32(20)34)41-14-7-10-27-23(4)36(13-11-30(38)39)33-28(27)8-6-9-29(33)31-22(3)35-37(24(31)5)18-25-12-15-40-19-25/h6,8-9,16-17,25H,7,10-15,18-19H2,1-5H3,(H,38,39). The predicted octanol–water partition coefficient (Wildman–Crippen LogP) is 7.22. The van der Waals surface area contributed by atoms with E-state index in [-0.39, 0.29) is 6.42 Å². The van der Waals surface area contributed by atoms with Gasteiger partial charge < -0.3 is 19.1 Å². The zero-order chi connectivity index (χ0) is 29.3. The quantitative estimate of drug-likeness (QED) is 0.190. The van der Waals surface area contributed by atoms with Crippen LogP contribution in [0, 0.1) is 40.5 Å². The summed E-state index contributed by atoms with van der Waals surface area (Å²) in [5, 5.41) is 16.4. The number of rotatable bonds is 11. The average molecular weight is 578 g/mol. The number of hydrogen-bond donors (Lipinski definition) is 1. The molecule has 3 heterocycles. The van der Waals surface area contributed by atoms with E-state index in [0.29, 0.717) is 19.1 Å². The summed E-state index contributed by atoms with van der Waals surface area (Å²) in [5.74, 6) is 0.512. The highest BCUT2D eigenvalue weighted by Gasteiger charge is 2.24. The summed E-state index contributed by atoms with van der Waals surface area (Å²) >= 11 is 6.32. The van der Waals surface area contributed by atoms with Crippen molar-refractivity contribution in [3.8, 4) is 16.9 Å². The van der Waals surface area contributed by atoms with Crippen LogP contribution in [0.25, 0.3) is 22.0 Å². The van der Waals surface area contributed by atoms with Crippen molar-refractivity contribution in [1.29, 1.82) is 0 Å². The van der Waals surface area contributed by atoms with Crippen LogP contribution < -0.4 is 4.74 Å². The molecule has 0 saturated carbocycles. The molecule has 5 rings (SSSR count). The van der Waals surface area contributed by atoms with E-state index in [1.54, 1.807) is 0 Å². The molecule has 1 N–H and O–H groups in total. The molecule has 1 unspecified atom stereocenters. The Kier molecular flexibility index (Phi) is 8.76. The summed E-state index contributed by atoms with van der Waals surface area (Å²) < 4.78 is 16.0. The van der Waals surface area contributed by atoms with Crippen LogP contribution in [0.15, 0.2) is 30.3 Å². The number of hydrogen-bond acceptors (Lipinski definition) is 4. The van der Waals surface area contributed by atoms with Crippen molar-refractivity contribution in [1.82, 2.24) is 14.3 Å². The third-order valence-corrected chi connectivity index (χ3v) is 8.97. The molecule has 1 fully saturated rings. The number of nitrogens with zero attached hydrogens (tertiary/aromatic N) is 3. The smallest absolute Gasteiger partial charge is 0.305 e. The van der Waals surface area contributed by atoms with Crippen LogP contribution in [-0.2, 0) is 29.0 Å². The molecule has 0 aliphatic carbocycles. The van der Waals surface area contributed by atoms with Gasteiger partial charge in [-0.2, -0.15) is 5.10 Å². The first-order chi connectivity index (χ1) is 19.7. The van der Waals surface area contributed by atoms with Crippen molar-refractivity contribution in [3.05, 3.63) is 69.1 Å². The molecule has 7 nitrogen and oxygen atoms in total. The summed E-state index contributed by atoms with van der Waals surface area (Å²) in [6, 6.07) is 10.4. The lowest BCUT2D eigenvalue weighted by molar-refractivity contribution is -0.137. The van der Waals surface area contributed by atoms with E-state index in [0.717, 1.165) is 94.6 Å². The maximum atomic E-state index is 11.6. The van der Waals surface area contributed by atoms with Gasteiger partial charge in [0.05, 0.1) is 30.8 Å². The first kappa shape index (κ1) is 29.2. The summed E-state index contributed by atoms with van der Waals surface area (Å²) in [5.41, 5.74) is 9.81. The van der Waals surface area contributed by atoms with Gasteiger partial charge in [-0.15, -0.1) is 0 Å². The molecular weight excluding hydrogens is 538 g/mol. The van der Waals surface area contributed by atoms with E-state index in [4.69, 9.17) is 26.2 Å². The Hall–Kier alpha value is -3.29. The Morgan fingerprint density at radius 2 is 1.90 bits per heavy atom. The molecule has 2 aromatic carbocycles. The highest BCUT2D eigenvalue weighted by atomic mass is 35.5. The summed E-state index contributed by atoms with van der Waals surface area (Å²) in [7, 11) is 0. The van der Waals surface area contributed by atoms with Crippen LogP contribution in [-0.4, -0.2) is 45.2 Å². The van der Waals surface area contributed by atoms with Crippen molar-refractivity contribution < 1.29 is 19.4 Å². The lowest BCUT2D eigenvalue weighted by Gasteiger charge is -2.13. The zero-order valence-electron chi connectivity index (χ0n) is 24.7. The van der Waals surface area contributed by atoms with Crippen molar-refractivity contribution >= 4 is 28.5 Å². The molecular formula is C33H40ClN3O4. The normalized spacial score (nSPS) is 15.2. The number of ether oxygens (including phenoxy) is 2. The molecule has 1 atom stereocenters. The van der Waals surface area contributed by atoms with Gasteiger partial charge in [0, 0.05) is 58.5 Å². The molecule has 0 amide bonds. The zero-order valence-corrected chi connectivity index (χ0v) is 25.5. The van der Waals surface area contributed by atoms with Crippen LogP contribution in [0.5, 0.6) is 5.75 Å². The van der Waals surface area contributed by atoms with Gasteiger partial charge in [0.15, 0.2) is 0 Å². The summed E-state index contributed by atoms with van der Waals surface area (Å²) in [6.45, 7) is 13.7. The second-order valence-electron chi connectivity index (χ2n) is 11.3. The van der Waals surface area contributed by atoms with Crippen molar-refractivity contribution in [2.45, 2.75) is 73.4 Å². The van der Waals surface area contributed by atoms with E-state index in [1.807, 2.05) is 26.0 Å². The number of aryl methyl sites for hydroxylation is 5. The fourth-order valence-electron chi connectivity index (χ4n) is 6.27. The van der Waals surface area contributed by atoms with E-state index >= 15 is 0 Å². The molecule has 4 aromatic rings. The van der Waals surface area contributed by atoms with Gasteiger partial charge >= 0.3 is 5.97 Å². The lowest BCUT2D eigenvalue weighted by Crippen LogP contribution is -2.13. The molecule has 2 aromatic heterocycles. The molecule has 0 radical (unpaired) electrons. The largest absolute Gasteiger partial charge is 0.494 e. The van der Waals surface area contributed by atoms with E-state index in [2.05, 4.69) is 48.2 Å². The van der Waals surface area contributed by atoms with E-state index < -0.39 is 5.97 Å². The fraction of sp³-hybridized carbons (Fsp3) is 0.455. The number of para-hydroxylation sites is 1. The number of halogens is 1. The maximum absolute atomic E-state index is 11.6. The summed E-state index contributed by atoms with van der Waals surface area (Å²) in [6.07, 6.45) is 2.79. The Morgan fingerprint density at radius 3 is 2.59 bits per heavy atom. The van der Waals surface area contributed by atoms with Gasteiger partial charge in [0.25, 0.3) is 0 Å². The number of benzene rings is 2. The highest BCUT2D eigenvalue weighted by molar-refractivity contribution is 6.32. The first-order valence-corrected chi connectivity index (χ1v) is 14.9. The van der Waals surface area contributed by atoms with E-state index in [9.17, 15) is 9.90 Å². The van der Waals surface area contributed by atoms with Crippen molar-refractivity contribution in [2.24, 2.45) is 5.92 Å². The number of carboxylic acid groups (broad SMARTS) is 1. The summed E-state index contributed by atoms with van der Waals surface area (Å²) in [4.78, 5) is 11.6.